The van der Waals surface area contributed by atoms with E-state index in [0.29, 0.717) is 5.75 Å². The summed E-state index contributed by atoms with van der Waals surface area (Å²) in [6.45, 7) is 4.63. The van der Waals surface area contributed by atoms with E-state index in [1.54, 1.807) is 13.8 Å². The summed E-state index contributed by atoms with van der Waals surface area (Å²) in [5.74, 6) is -0.591. The summed E-state index contributed by atoms with van der Waals surface area (Å²) in [5.41, 5.74) is -1.94. The Morgan fingerprint density at radius 1 is 1.17 bits per heavy atom. The Hall–Kier alpha value is -3.82. The van der Waals surface area contributed by atoms with E-state index in [4.69, 9.17) is 4.74 Å². The maximum absolute atomic E-state index is 13.0. The van der Waals surface area contributed by atoms with Crippen LogP contribution >= 0.6 is 0 Å². The molecule has 3 aromatic rings. The van der Waals surface area contributed by atoms with Crippen molar-refractivity contribution in [3.8, 4) is 28.8 Å². The van der Waals surface area contributed by atoms with Crippen molar-refractivity contribution in [2.24, 2.45) is 0 Å². The van der Waals surface area contributed by atoms with Crippen molar-refractivity contribution in [1.29, 1.82) is 0 Å². The highest BCUT2D eigenvalue weighted by Crippen LogP contribution is 2.26. The fourth-order valence-corrected chi connectivity index (χ4v) is 2.55. The second-order valence-corrected chi connectivity index (χ2v) is 6.72. The lowest BCUT2D eigenvalue weighted by atomic mass is 10.0. The van der Waals surface area contributed by atoms with E-state index in [1.165, 1.54) is 43.6 Å². The highest BCUT2D eigenvalue weighted by Gasteiger charge is 2.27. The standard InChI is InChI=1S/C19H18FN5O4/c1-10(26)25-19(2,3)18-23-14(15(27)17(28)24-18)16-21-8-13(9-22-16)29-12-6-4-11(20)5-7-12/h4-9,27H,1-3H3,(H,25,26)(H,23,24,28). The number of aromatic nitrogens is 4. The molecule has 0 radical (unpaired) electrons. The molecular formula is C19H18FN5O4. The quantitative estimate of drug-likeness (QED) is 0.600. The van der Waals surface area contributed by atoms with E-state index in [2.05, 4.69) is 25.3 Å². The molecule has 0 aliphatic carbocycles. The Morgan fingerprint density at radius 3 is 2.38 bits per heavy atom. The van der Waals surface area contributed by atoms with Gasteiger partial charge in [0.05, 0.1) is 17.9 Å². The van der Waals surface area contributed by atoms with Gasteiger partial charge in [-0.3, -0.25) is 9.59 Å². The first-order valence-corrected chi connectivity index (χ1v) is 8.54. The van der Waals surface area contributed by atoms with Crippen LogP contribution in [0.5, 0.6) is 17.2 Å². The average Bonchev–Trinajstić information content (AvgIpc) is 2.65. The maximum Gasteiger partial charge on any atom is 0.293 e. The van der Waals surface area contributed by atoms with Gasteiger partial charge in [0.1, 0.15) is 17.4 Å². The number of aromatic hydroxyl groups is 1. The Labute approximate surface area is 164 Å². The van der Waals surface area contributed by atoms with Crippen LogP contribution in [0.15, 0.2) is 41.5 Å². The lowest BCUT2D eigenvalue weighted by molar-refractivity contribution is -0.120. The van der Waals surface area contributed by atoms with Gasteiger partial charge in [-0.2, -0.15) is 0 Å². The Balaban J connectivity index is 1.92. The van der Waals surface area contributed by atoms with E-state index >= 15 is 0 Å². The van der Waals surface area contributed by atoms with Crippen LogP contribution in [0.1, 0.15) is 26.6 Å². The Morgan fingerprint density at radius 2 is 1.79 bits per heavy atom. The summed E-state index contributed by atoms with van der Waals surface area (Å²) in [5, 5.41) is 12.8. The molecule has 3 rings (SSSR count). The van der Waals surface area contributed by atoms with E-state index < -0.39 is 22.7 Å². The molecule has 2 aromatic heterocycles. The van der Waals surface area contributed by atoms with Crippen LogP contribution in [0, 0.1) is 5.82 Å². The molecule has 2 heterocycles. The van der Waals surface area contributed by atoms with E-state index in [0.717, 1.165) is 0 Å². The van der Waals surface area contributed by atoms with Crippen molar-refractivity contribution in [2.75, 3.05) is 0 Å². The van der Waals surface area contributed by atoms with Gasteiger partial charge in [0.15, 0.2) is 17.3 Å². The topological polar surface area (TPSA) is 130 Å². The average molecular weight is 399 g/mol. The lowest BCUT2D eigenvalue weighted by Crippen LogP contribution is -2.42. The molecule has 0 saturated heterocycles. The SMILES string of the molecule is CC(=O)NC(C)(C)c1nc(-c2ncc(Oc3ccc(F)cc3)cn2)c(O)c(=O)[nH]1. The summed E-state index contributed by atoms with van der Waals surface area (Å²) in [6, 6.07) is 5.40. The molecule has 0 fully saturated rings. The van der Waals surface area contributed by atoms with Crippen LogP contribution < -0.4 is 15.6 Å². The first-order valence-electron chi connectivity index (χ1n) is 8.54. The van der Waals surface area contributed by atoms with Crippen molar-refractivity contribution >= 4 is 5.91 Å². The second kappa shape index (κ2) is 7.66. The molecular weight excluding hydrogens is 381 g/mol. The first-order chi connectivity index (χ1) is 13.7. The molecule has 0 aliphatic rings. The molecule has 29 heavy (non-hydrogen) atoms. The molecule has 1 amide bonds. The van der Waals surface area contributed by atoms with E-state index in [1.807, 2.05) is 0 Å². The number of nitrogens with zero attached hydrogens (tertiary/aromatic N) is 3. The summed E-state index contributed by atoms with van der Waals surface area (Å²) < 4.78 is 18.5. The fraction of sp³-hybridized carbons (Fsp3) is 0.211. The predicted octanol–water partition coefficient (Wildman–Crippen LogP) is 2.24. The summed E-state index contributed by atoms with van der Waals surface area (Å²) in [6.07, 6.45) is 2.65. The molecule has 1 aromatic carbocycles. The van der Waals surface area contributed by atoms with Gasteiger partial charge in [0.2, 0.25) is 11.7 Å². The molecule has 3 N–H and O–H groups in total. The number of benzene rings is 1. The minimum Gasteiger partial charge on any atom is -0.501 e. The van der Waals surface area contributed by atoms with E-state index in [-0.39, 0.29) is 29.0 Å². The molecule has 10 heteroatoms. The van der Waals surface area contributed by atoms with Gasteiger partial charge in [0, 0.05) is 6.92 Å². The fourth-order valence-electron chi connectivity index (χ4n) is 2.55. The van der Waals surface area contributed by atoms with Crippen LogP contribution in [0.4, 0.5) is 4.39 Å². The molecule has 0 unspecified atom stereocenters. The Kier molecular flexibility index (Phi) is 5.26. The molecule has 0 bridgehead atoms. The van der Waals surface area contributed by atoms with Crippen LogP contribution in [-0.2, 0) is 10.3 Å². The summed E-state index contributed by atoms with van der Waals surface area (Å²) in [7, 11) is 0. The minimum absolute atomic E-state index is 0.0140. The Bertz CT molecular complexity index is 1100. The number of halogens is 1. The van der Waals surface area contributed by atoms with E-state index in [9.17, 15) is 19.1 Å². The number of H-pyrrole nitrogens is 1. The summed E-state index contributed by atoms with van der Waals surface area (Å²) in [4.78, 5) is 38.4. The molecule has 0 atom stereocenters. The predicted molar refractivity (Wildman–Crippen MR) is 101 cm³/mol. The molecule has 0 saturated carbocycles. The minimum atomic E-state index is -1.00. The zero-order valence-electron chi connectivity index (χ0n) is 15.9. The third-order valence-electron chi connectivity index (χ3n) is 3.86. The van der Waals surface area contributed by atoms with Gasteiger partial charge in [-0.1, -0.05) is 0 Å². The van der Waals surface area contributed by atoms with Crippen molar-refractivity contribution in [2.45, 2.75) is 26.3 Å². The highest BCUT2D eigenvalue weighted by atomic mass is 19.1. The van der Waals surface area contributed by atoms with Crippen LogP contribution in [-0.4, -0.2) is 30.9 Å². The number of amides is 1. The van der Waals surface area contributed by atoms with Gasteiger partial charge in [-0.15, -0.1) is 0 Å². The number of aromatic amines is 1. The normalized spacial score (nSPS) is 11.2. The summed E-state index contributed by atoms with van der Waals surface area (Å²) >= 11 is 0. The number of carbonyl (C=O) groups is 1. The van der Waals surface area contributed by atoms with Crippen molar-refractivity contribution in [3.63, 3.8) is 0 Å². The van der Waals surface area contributed by atoms with Crippen molar-refractivity contribution < 1.29 is 19.0 Å². The zero-order valence-corrected chi connectivity index (χ0v) is 15.9. The van der Waals surface area contributed by atoms with Crippen LogP contribution in [0.25, 0.3) is 11.5 Å². The van der Waals surface area contributed by atoms with Gasteiger partial charge >= 0.3 is 0 Å². The first kappa shape index (κ1) is 19.9. The molecule has 0 spiro atoms. The third-order valence-corrected chi connectivity index (χ3v) is 3.86. The maximum atomic E-state index is 13.0. The highest BCUT2D eigenvalue weighted by molar-refractivity contribution is 5.73. The van der Waals surface area contributed by atoms with Gasteiger partial charge in [-0.25, -0.2) is 19.3 Å². The van der Waals surface area contributed by atoms with Gasteiger partial charge < -0.3 is 20.1 Å². The second-order valence-electron chi connectivity index (χ2n) is 6.72. The third kappa shape index (κ3) is 4.54. The zero-order chi connectivity index (χ0) is 21.2. The largest absolute Gasteiger partial charge is 0.501 e. The number of rotatable bonds is 5. The van der Waals surface area contributed by atoms with Gasteiger partial charge in [0.25, 0.3) is 5.56 Å². The number of carbonyl (C=O) groups excluding carboxylic acids is 1. The molecule has 150 valence electrons. The monoisotopic (exact) mass is 399 g/mol. The van der Waals surface area contributed by atoms with Crippen LogP contribution in [0.2, 0.25) is 0 Å². The number of ether oxygens (including phenoxy) is 1. The number of nitrogens with one attached hydrogen (secondary N) is 2. The number of hydrogen-bond acceptors (Lipinski definition) is 7. The van der Waals surface area contributed by atoms with Crippen molar-refractivity contribution in [1.82, 2.24) is 25.3 Å². The smallest absolute Gasteiger partial charge is 0.293 e. The lowest BCUT2D eigenvalue weighted by Gasteiger charge is -2.24. The molecule has 0 aliphatic heterocycles. The molecule has 9 nitrogen and oxygen atoms in total. The van der Waals surface area contributed by atoms with Crippen LogP contribution in [0.3, 0.4) is 0 Å². The van der Waals surface area contributed by atoms with Gasteiger partial charge in [-0.05, 0) is 38.1 Å². The van der Waals surface area contributed by atoms with Crippen molar-refractivity contribution in [3.05, 3.63) is 58.7 Å². The number of hydrogen-bond donors (Lipinski definition) is 3.